The fraction of sp³-hybridized carbons (Fsp3) is 0.278. The van der Waals surface area contributed by atoms with Crippen LogP contribution in [0, 0.1) is 0 Å². The summed E-state index contributed by atoms with van der Waals surface area (Å²) in [7, 11) is 3.08. The Balaban J connectivity index is 1.76. The molecule has 0 spiro atoms. The highest BCUT2D eigenvalue weighted by Crippen LogP contribution is 2.28. The van der Waals surface area contributed by atoms with Crippen LogP contribution in [-0.4, -0.2) is 33.3 Å². The Hall–Kier alpha value is -2.57. The van der Waals surface area contributed by atoms with Gasteiger partial charge in [0.1, 0.15) is 0 Å². The van der Waals surface area contributed by atoms with E-state index in [1.54, 1.807) is 25.3 Å². The molecule has 0 atom stereocenters. The molecule has 0 saturated carbocycles. The van der Waals surface area contributed by atoms with Gasteiger partial charge in [0, 0.05) is 16.8 Å². The molecular weight excluding hydrogens is 310 g/mol. The molecule has 1 amide bonds. The number of nitrogens with one attached hydrogen (secondary N) is 1. The van der Waals surface area contributed by atoms with Gasteiger partial charge in [-0.05, 0) is 30.3 Å². The van der Waals surface area contributed by atoms with Gasteiger partial charge in [-0.3, -0.25) is 4.79 Å². The maximum absolute atomic E-state index is 12.4. The number of rotatable bonds is 5. The Bertz CT molecular complexity index is 725. The lowest BCUT2D eigenvalue weighted by Gasteiger charge is -2.12. The molecular formula is C18H19NO5. The average Bonchev–Trinajstić information content (AvgIpc) is 3.16. The van der Waals surface area contributed by atoms with Crippen molar-refractivity contribution in [2.45, 2.75) is 6.29 Å². The Morgan fingerprint density at radius 2 is 1.79 bits per heavy atom. The van der Waals surface area contributed by atoms with Crippen molar-refractivity contribution in [1.82, 2.24) is 0 Å². The summed E-state index contributed by atoms with van der Waals surface area (Å²) in [5.41, 5.74) is 2.02. The molecule has 0 bridgehead atoms. The molecule has 24 heavy (non-hydrogen) atoms. The van der Waals surface area contributed by atoms with E-state index in [4.69, 9.17) is 18.9 Å². The summed E-state index contributed by atoms with van der Waals surface area (Å²) in [6.45, 7) is 1.15. The first kappa shape index (κ1) is 16.3. The van der Waals surface area contributed by atoms with Gasteiger partial charge in [-0.2, -0.15) is 0 Å². The average molecular weight is 329 g/mol. The van der Waals surface area contributed by atoms with Gasteiger partial charge in [-0.15, -0.1) is 0 Å². The molecule has 1 N–H and O–H groups in total. The first-order chi connectivity index (χ1) is 11.7. The monoisotopic (exact) mass is 329 g/mol. The number of carbonyl (C=O) groups is 1. The summed E-state index contributed by atoms with van der Waals surface area (Å²) in [5.74, 6) is 0.847. The van der Waals surface area contributed by atoms with E-state index < -0.39 is 0 Å². The van der Waals surface area contributed by atoms with E-state index in [2.05, 4.69) is 5.32 Å². The number of methoxy groups -OCH3 is 2. The van der Waals surface area contributed by atoms with Crippen LogP contribution in [0.15, 0.2) is 42.5 Å². The normalized spacial score (nSPS) is 14.4. The molecule has 2 aromatic rings. The molecule has 6 nitrogen and oxygen atoms in total. The van der Waals surface area contributed by atoms with Crippen LogP contribution in [0.1, 0.15) is 22.2 Å². The van der Waals surface area contributed by atoms with Crippen molar-refractivity contribution >= 4 is 11.6 Å². The van der Waals surface area contributed by atoms with Crippen LogP contribution in [0.2, 0.25) is 0 Å². The zero-order chi connectivity index (χ0) is 16.9. The van der Waals surface area contributed by atoms with Gasteiger partial charge in [0.15, 0.2) is 17.8 Å². The van der Waals surface area contributed by atoms with Gasteiger partial charge in [0.05, 0.1) is 27.4 Å². The quantitative estimate of drug-likeness (QED) is 0.913. The van der Waals surface area contributed by atoms with E-state index in [0.717, 1.165) is 5.56 Å². The van der Waals surface area contributed by atoms with Crippen molar-refractivity contribution in [2.75, 3.05) is 32.8 Å². The Morgan fingerprint density at radius 3 is 2.50 bits per heavy atom. The molecule has 1 saturated heterocycles. The molecule has 126 valence electrons. The summed E-state index contributed by atoms with van der Waals surface area (Å²) in [5, 5.41) is 2.86. The number of amides is 1. The lowest BCUT2D eigenvalue weighted by Crippen LogP contribution is -2.12. The highest BCUT2D eigenvalue weighted by molar-refractivity contribution is 6.04. The van der Waals surface area contributed by atoms with Crippen LogP contribution in [0.3, 0.4) is 0 Å². The topological polar surface area (TPSA) is 66.0 Å². The van der Waals surface area contributed by atoms with E-state index in [9.17, 15) is 4.79 Å². The van der Waals surface area contributed by atoms with Crippen LogP contribution >= 0.6 is 0 Å². The molecule has 1 heterocycles. The predicted molar refractivity (Wildman–Crippen MR) is 88.6 cm³/mol. The van der Waals surface area contributed by atoms with Gasteiger partial charge in [0.25, 0.3) is 5.91 Å². The molecule has 0 radical (unpaired) electrons. The van der Waals surface area contributed by atoms with Crippen molar-refractivity contribution in [2.24, 2.45) is 0 Å². The fourth-order valence-corrected chi connectivity index (χ4v) is 2.49. The van der Waals surface area contributed by atoms with Crippen molar-refractivity contribution in [3.8, 4) is 11.5 Å². The second-order valence-corrected chi connectivity index (χ2v) is 5.22. The predicted octanol–water partition coefficient (Wildman–Crippen LogP) is 3.00. The highest BCUT2D eigenvalue weighted by atomic mass is 16.7. The van der Waals surface area contributed by atoms with Crippen molar-refractivity contribution in [1.29, 1.82) is 0 Å². The third-order valence-corrected chi connectivity index (χ3v) is 3.68. The fourth-order valence-electron chi connectivity index (χ4n) is 2.49. The number of hydrogen-bond acceptors (Lipinski definition) is 5. The van der Waals surface area contributed by atoms with Crippen molar-refractivity contribution in [3.63, 3.8) is 0 Å². The zero-order valence-electron chi connectivity index (χ0n) is 13.6. The van der Waals surface area contributed by atoms with Gasteiger partial charge in [-0.25, -0.2) is 0 Å². The second kappa shape index (κ2) is 7.33. The lowest BCUT2D eigenvalue weighted by molar-refractivity contribution is -0.0440. The minimum absolute atomic E-state index is 0.235. The first-order valence-electron chi connectivity index (χ1n) is 7.58. The van der Waals surface area contributed by atoms with Crippen molar-refractivity contribution < 1.29 is 23.7 Å². The summed E-state index contributed by atoms with van der Waals surface area (Å²) < 4.78 is 21.4. The maximum atomic E-state index is 12.4. The molecule has 2 aromatic carbocycles. The van der Waals surface area contributed by atoms with Crippen LogP contribution in [0.5, 0.6) is 11.5 Å². The minimum atomic E-state index is -0.372. The van der Waals surface area contributed by atoms with Crippen LogP contribution in [0.4, 0.5) is 5.69 Å². The van der Waals surface area contributed by atoms with E-state index in [-0.39, 0.29) is 12.2 Å². The molecule has 1 fully saturated rings. The minimum Gasteiger partial charge on any atom is -0.493 e. The maximum Gasteiger partial charge on any atom is 0.255 e. The summed E-state index contributed by atoms with van der Waals surface area (Å²) >= 11 is 0. The van der Waals surface area contributed by atoms with Gasteiger partial charge in [-0.1, -0.05) is 12.1 Å². The Morgan fingerprint density at radius 1 is 1.04 bits per heavy atom. The third kappa shape index (κ3) is 3.50. The molecule has 6 heteroatoms. The second-order valence-electron chi connectivity index (χ2n) is 5.22. The first-order valence-corrected chi connectivity index (χ1v) is 7.58. The molecule has 3 rings (SSSR count). The van der Waals surface area contributed by atoms with Crippen LogP contribution in [0.25, 0.3) is 0 Å². The lowest BCUT2D eigenvalue weighted by atomic mass is 10.1. The van der Waals surface area contributed by atoms with E-state index >= 15 is 0 Å². The molecule has 1 aliphatic heterocycles. The molecule has 0 unspecified atom stereocenters. The highest BCUT2D eigenvalue weighted by Gasteiger charge is 2.19. The van der Waals surface area contributed by atoms with E-state index in [0.29, 0.717) is 36.0 Å². The molecule has 0 aromatic heterocycles. The Kier molecular flexibility index (Phi) is 4.98. The standard InChI is InChI=1S/C18H19NO5/c1-21-15-7-6-12(11-16(15)22-2)17(20)19-14-5-3-4-13(10-14)18-23-8-9-24-18/h3-7,10-11,18H,8-9H2,1-2H3,(H,19,20). The Labute approximate surface area is 140 Å². The number of benzene rings is 2. The largest absolute Gasteiger partial charge is 0.493 e. The van der Waals surface area contributed by atoms with Gasteiger partial charge in [0.2, 0.25) is 0 Å². The number of hydrogen-bond donors (Lipinski definition) is 1. The van der Waals surface area contributed by atoms with Gasteiger partial charge < -0.3 is 24.3 Å². The van der Waals surface area contributed by atoms with Crippen molar-refractivity contribution in [3.05, 3.63) is 53.6 Å². The third-order valence-electron chi connectivity index (χ3n) is 3.68. The number of carbonyl (C=O) groups excluding carboxylic acids is 1. The smallest absolute Gasteiger partial charge is 0.255 e. The SMILES string of the molecule is COc1ccc(C(=O)Nc2cccc(C3OCCO3)c2)cc1OC. The van der Waals surface area contributed by atoms with Crippen LogP contribution in [-0.2, 0) is 9.47 Å². The molecule has 1 aliphatic rings. The van der Waals surface area contributed by atoms with E-state index in [1.807, 2.05) is 24.3 Å². The summed E-state index contributed by atoms with van der Waals surface area (Å²) in [4.78, 5) is 12.4. The molecule has 0 aliphatic carbocycles. The summed E-state index contributed by atoms with van der Waals surface area (Å²) in [6.07, 6.45) is -0.372. The number of anilines is 1. The zero-order valence-corrected chi connectivity index (χ0v) is 13.6. The number of ether oxygens (including phenoxy) is 4. The summed E-state index contributed by atoms with van der Waals surface area (Å²) in [6, 6.07) is 12.4. The van der Waals surface area contributed by atoms with Crippen LogP contribution < -0.4 is 14.8 Å². The van der Waals surface area contributed by atoms with E-state index in [1.165, 1.54) is 7.11 Å². The van der Waals surface area contributed by atoms with Gasteiger partial charge >= 0.3 is 0 Å².